The van der Waals surface area contributed by atoms with Crippen LogP contribution in [0.2, 0.25) is 0 Å². The van der Waals surface area contributed by atoms with E-state index in [9.17, 15) is 9.59 Å². The van der Waals surface area contributed by atoms with Gasteiger partial charge in [-0.15, -0.1) is 0 Å². The van der Waals surface area contributed by atoms with Crippen LogP contribution in [0.25, 0.3) is 11.3 Å². The molecular weight excluding hydrogens is 492 g/mol. The topological polar surface area (TPSA) is 108 Å². The number of anilines is 1. The Bertz CT molecular complexity index is 1290. The van der Waals surface area contributed by atoms with Gasteiger partial charge in [0.1, 0.15) is 22.8 Å². The van der Waals surface area contributed by atoms with E-state index in [4.69, 9.17) is 20.3 Å². The maximum Gasteiger partial charge on any atom is 0.344 e. The first-order valence-electron chi connectivity index (χ1n) is 13.2. The number of esters is 1. The zero-order valence-corrected chi connectivity index (χ0v) is 23.0. The van der Waals surface area contributed by atoms with E-state index in [1.165, 1.54) is 7.11 Å². The maximum absolute atomic E-state index is 12.7. The summed E-state index contributed by atoms with van der Waals surface area (Å²) in [6.45, 7) is 7.80. The molecule has 2 aromatic carbocycles. The Morgan fingerprint density at radius 3 is 2.44 bits per heavy atom. The van der Waals surface area contributed by atoms with Crippen molar-refractivity contribution >= 4 is 17.7 Å². The van der Waals surface area contributed by atoms with E-state index < -0.39 is 5.97 Å². The number of nitrogens with one attached hydrogen (secondary N) is 1. The predicted molar refractivity (Wildman–Crippen MR) is 155 cm³/mol. The van der Waals surface area contributed by atoms with E-state index in [1.54, 1.807) is 35.9 Å². The molecule has 0 saturated heterocycles. The molecule has 1 amide bonds. The number of carbonyl (C=O) groups excluding carboxylic acids is 2. The molecule has 1 heterocycles. The fraction of sp³-hybridized carbons (Fsp3) is 0.323. The summed E-state index contributed by atoms with van der Waals surface area (Å²) in [5, 5.41) is 7.65. The van der Waals surface area contributed by atoms with Crippen molar-refractivity contribution in [3.63, 3.8) is 0 Å². The molecule has 8 nitrogen and oxygen atoms in total. The normalized spacial score (nSPS) is 13.0. The van der Waals surface area contributed by atoms with Gasteiger partial charge in [-0.2, -0.15) is 5.10 Å². The van der Waals surface area contributed by atoms with Gasteiger partial charge in [0.2, 0.25) is 0 Å². The van der Waals surface area contributed by atoms with E-state index in [0.29, 0.717) is 34.9 Å². The van der Waals surface area contributed by atoms with E-state index in [-0.39, 0.29) is 18.6 Å². The molecule has 4 rings (SSSR count). The molecule has 3 aromatic rings. The summed E-state index contributed by atoms with van der Waals surface area (Å²) >= 11 is 0. The number of nitrogens with zero attached hydrogens (tertiary/aromatic N) is 2. The average Bonchev–Trinajstić information content (AvgIpc) is 3.61. The van der Waals surface area contributed by atoms with Crippen molar-refractivity contribution in [1.29, 1.82) is 0 Å². The first-order chi connectivity index (χ1) is 18.9. The van der Waals surface area contributed by atoms with Crippen LogP contribution in [0.5, 0.6) is 5.75 Å². The molecule has 206 valence electrons. The summed E-state index contributed by atoms with van der Waals surface area (Å²) in [5.41, 5.74) is 9.38. The molecule has 0 spiro atoms. The molecule has 1 aliphatic carbocycles. The summed E-state index contributed by atoms with van der Waals surface area (Å²) < 4.78 is 12.3. The van der Waals surface area contributed by atoms with Crippen LogP contribution in [0.15, 0.2) is 73.3 Å². The second kappa shape index (κ2) is 14.6. The minimum atomic E-state index is -0.465. The number of hydrogen-bond donors (Lipinski definition) is 2. The number of aromatic nitrogens is 2. The summed E-state index contributed by atoms with van der Waals surface area (Å²) in [5.74, 6) is 0.201. The number of amides is 1. The smallest absolute Gasteiger partial charge is 0.344 e. The van der Waals surface area contributed by atoms with Crippen LogP contribution < -0.4 is 15.8 Å². The molecule has 0 aliphatic heterocycles. The Morgan fingerprint density at radius 2 is 1.85 bits per heavy atom. The number of ether oxygens (including phenoxy) is 2. The number of rotatable bonds is 9. The summed E-state index contributed by atoms with van der Waals surface area (Å²) in [4.78, 5) is 25.3. The van der Waals surface area contributed by atoms with Crippen LogP contribution in [0.4, 0.5) is 5.82 Å². The van der Waals surface area contributed by atoms with Gasteiger partial charge < -0.3 is 20.5 Å². The summed E-state index contributed by atoms with van der Waals surface area (Å²) in [7, 11) is 1.54. The third kappa shape index (κ3) is 7.37. The van der Waals surface area contributed by atoms with Gasteiger partial charge in [0, 0.05) is 12.1 Å². The molecular formula is C31H38N4O4. The predicted octanol–water partition coefficient (Wildman–Crippen LogP) is 6.11. The highest BCUT2D eigenvalue weighted by Crippen LogP contribution is 2.36. The number of hydrogen-bond acceptors (Lipinski definition) is 6. The zero-order valence-electron chi connectivity index (χ0n) is 23.0. The van der Waals surface area contributed by atoms with E-state index >= 15 is 0 Å². The highest BCUT2D eigenvalue weighted by Gasteiger charge is 2.28. The van der Waals surface area contributed by atoms with Crippen molar-refractivity contribution in [3.8, 4) is 17.0 Å². The highest BCUT2D eigenvalue weighted by molar-refractivity contribution is 6.01. The molecule has 0 bridgehead atoms. The molecule has 1 fully saturated rings. The maximum atomic E-state index is 12.7. The number of nitrogens with two attached hydrogens (primary N) is 1. The first kappa shape index (κ1) is 29.2. The van der Waals surface area contributed by atoms with Crippen LogP contribution >= 0.6 is 0 Å². The quantitative estimate of drug-likeness (QED) is 0.255. The Hall–Kier alpha value is -4.33. The third-order valence-corrected chi connectivity index (χ3v) is 6.46. The molecule has 0 radical (unpaired) electrons. The van der Waals surface area contributed by atoms with E-state index in [0.717, 1.165) is 36.8 Å². The lowest BCUT2D eigenvalue weighted by Crippen LogP contribution is -2.23. The molecule has 3 N–H and O–H groups in total. The number of allylic oxidation sites excluding steroid dienone is 3. The van der Waals surface area contributed by atoms with Crippen LogP contribution in [0.1, 0.15) is 71.9 Å². The Morgan fingerprint density at radius 1 is 1.15 bits per heavy atom. The number of para-hydroxylation sites is 1. The van der Waals surface area contributed by atoms with Gasteiger partial charge in [-0.25, -0.2) is 9.48 Å². The standard InChI is InChI=1S/C26H30N4O4.C5H8/c1-3-34-26(32)22-23(29-30(24(22)27)19-8-4-5-9-19)18-14-12-17(13-15-18)16-28-25(31)20-10-6-7-11-21(20)33-2;1-3-5-4-2/h6-7,10-15,19H,3-5,8-9,16,27H2,1-2H3,(H,28,31);3-5H,1H2,2H3/b;5-4-. The molecule has 1 saturated carbocycles. The number of nitrogen functional groups attached to an aromatic ring is 1. The van der Waals surface area contributed by atoms with Crippen LogP contribution in [0, 0.1) is 0 Å². The second-order valence-corrected chi connectivity index (χ2v) is 9.05. The van der Waals surface area contributed by atoms with Crippen molar-refractivity contribution < 1.29 is 19.1 Å². The van der Waals surface area contributed by atoms with Crippen LogP contribution in [-0.4, -0.2) is 35.4 Å². The molecule has 0 atom stereocenters. The largest absolute Gasteiger partial charge is 0.496 e. The third-order valence-electron chi connectivity index (χ3n) is 6.46. The van der Waals surface area contributed by atoms with Crippen molar-refractivity contribution in [2.45, 2.75) is 52.1 Å². The van der Waals surface area contributed by atoms with Gasteiger partial charge >= 0.3 is 5.97 Å². The van der Waals surface area contributed by atoms with Crippen LogP contribution in [0.3, 0.4) is 0 Å². The molecule has 1 aliphatic rings. The van der Waals surface area contributed by atoms with Crippen molar-refractivity contribution in [2.75, 3.05) is 19.5 Å². The Labute approximate surface area is 230 Å². The van der Waals surface area contributed by atoms with Crippen molar-refractivity contribution in [1.82, 2.24) is 15.1 Å². The van der Waals surface area contributed by atoms with E-state index in [1.807, 2.05) is 49.4 Å². The van der Waals surface area contributed by atoms with Crippen LogP contribution in [-0.2, 0) is 11.3 Å². The SMILES string of the molecule is C=C/C=C\C.CCOC(=O)c1c(-c2ccc(CNC(=O)c3ccccc3OC)cc2)nn(C2CCCC2)c1N. The summed E-state index contributed by atoms with van der Waals surface area (Å²) in [6.07, 6.45) is 9.83. The monoisotopic (exact) mass is 530 g/mol. The molecule has 1 aromatic heterocycles. The first-order valence-corrected chi connectivity index (χ1v) is 13.2. The highest BCUT2D eigenvalue weighted by atomic mass is 16.5. The fourth-order valence-electron chi connectivity index (χ4n) is 4.51. The van der Waals surface area contributed by atoms with Crippen molar-refractivity contribution in [2.24, 2.45) is 0 Å². The number of carbonyl (C=O) groups is 2. The Balaban J connectivity index is 0.000000771. The van der Waals surface area contributed by atoms with Crippen molar-refractivity contribution in [3.05, 3.63) is 90.0 Å². The molecule has 8 heteroatoms. The second-order valence-electron chi connectivity index (χ2n) is 9.05. The zero-order chi connectivity index (χ0) is 28.2. The van der Waals surface area contributed by atoms with E-state index in [2.05, 4.69) is 11.9 Å². The van der Waals surface area contributed by atoms with Gasteiger partial charge in [-0.3, -0.25) is 4.79 Å². The lowest BCUT2D eigenvalue weighted by molar-refractivity contribution is 0.0528. The minimum Gasteiger partial charge on any atom is -0.496 e. The summed E-state index contributed by atoms with van der Waals surface area (Å²) in [6, 6.07) is 14.9. The molecule has 39 heavy (non-hydrogen) atoms. The number of methoxy groups -OCH3 is 1. The van der Waals surface area contributed by atoms with Gasteiger partial charge in [0.05, 0.1) is 25.3 Å². The molecule has 0 unspecified atom stereocenters. The minimum absolute atomic E-state index is 0.200. The Kier molecular flexibility index (Phi) is 10.9. The lowest BCUT2D eigenvalue weighted by Gasteiger charge is -2.11. The average molecular weight is 531 g/mol. The van der Waals surface area contributed by atoms with Gasteiger partial charge in [-0.1, -0.05) is 74.0 Å². The lowest BCUT2D eigenvalue weighted by atomic mass is 10.1. The fourth-order valence-corrected chi connectivity index (χ4v) is 4.51. The van der Waals surface area contributed by atoms with Gasteiger partial charge in [0.15, 0.2) is 0 Å². The van der Waals surface area contributed by atoms with Gasteiger partial charge in [-0.05, 0) is 44.4 Å². The van der Waals surface area contributed by atoms with Gasteiger partial charge in [0.25, 0.3) is 5.91 Å². The number of benzene rings is 2.